The van der Waals surface area contributed by atoms with Gasteiger partial charge >= 0.3 is 11.9 Å². The lowest BCUT2D eigenvalue weighted by molar-refractivity contribution is -0.652. The Kier molecular flexibility index (Phi) is 8.94. The Morgan fingerprint density at radius 3 is 2.69 bits per heavy atom. The van der Waals surface area contributed by atoms with E-state index in [1.165, 1.54) is 18.2 Å². The smallest absolute Gasteiger partial charge is 0.374 e. The topological polar surface area (TPSA) is 160 Å². The van der Waals surface area contributed by atoms with Crippen LogP contribution in [0.3, 0.4) is 0 Å². The first-order valence-corrected chi connectivity index (χ1v) is 14.0. The van der Waals surface area contributed by atoms with Gasteiger partial charge in [0.25, 0.3) is 15.6 Å². The molecule has 3 N–H and O–H groups in total. The van der Waals surface area contributed by atoms with E-state index in [0.717, 1.165) is 23.1 Å². The molecule has 4 rings (SSSR count). The number of anilines is 1. The average Bonchev–Trinajstić information content (AvgIpc) is 3.37. The summed E-state index contributed by atoms with van der Waals surface area (Å²) in [5, 5.41) is 20.9. The van der Waals surface area contributed by atoms with Crippen LogP contribution in [0.5, 0.6) is 5.75 Å². The van der Waals surface area contributed by atoms with Gasteiger partial charge in [-0.05, 0) is 55.7 Å². The van der Waals surface area contributed by atoms with Crippen LogP contribution in [-0.4, -0.2) is 35.8 Å². The standard InChI is InChI=1S/C25H26N2O10S2/c1-16(12-23-26(2)19-14-17(38-37-36-30)7-9-21(19)34-23)13-24-27(11-5-3-4-6-25(28)29)20-15-18(39(31,32)33)8-10-22(20)35-24/h7-10,12-15H,3-6,11H2,1-2H3,(H2-,28,29,30,31,32,33)/p+1. The van der Waals surface area contributed by atoms with Crippen LogP contribution in [0.4, 0.5) is 5.69 Å². The SMILES string of the molecule is CC(=Cc1oc2ccc(SOOO)cc2[n+]1C)C=C1Oc2ccc(S(=O)(=O)O)cc2N1CCCCCC(=O)O. The first kappa shape index (κ1) is 28.6. The van der Waals surface area contributed by atoms with Crippen molar-refractivity contribution in [1.82, 2.24) is 0 Å². The summed E-state index contributed by atoms with van der Waals surface area (Å²) in [5.41, 5.74) is 2.66. The number of nitrogens with zero attached hydrogens (tertiary/aromatic N) is 2. The average molecular weight is 580 g/mol. The van der Waals surface area contributed by atoms with Crippen molar-refractivity contribution in [2.75, 3.05) is 11.4 Å². The second-order valence-electron chi connectivity index (χ2n) is 8.79. The zero-order valence-electron chi connectivity index (χ0n) is 21.1. The number of rotatable bonds is 12. The quantitative estimate of drug-likeness (QED) is 0.0677. The van der Waals surface area contributed by atoms with Crippen LogP contribution >= 0.6 is 12.0 Å². The summed E-state index contributed by atoms with van der Waals surface area (Å²) in [7, 11) is -2.58. The van der Waals surface area contributed by atoms with Crippen molar-refractivity contribution in [2.24, 2.45) is 7.05 Å². The zero-order valence-corrected chi connectivity index (χ0v) is 22.7. The van der Waals surface area contributed by atoms with Crippen LogP contribution in [0, 0.1) is 0 Å². The summed E-state index contributed by atoms with van der Waals surface area (Å²) in [5.74, 6) is 0.568. The molecule has 0 saturated carbocycles. The van der Waals surface area contributed by atoms with E-state index in [9.17, 15) is 17.8 Å². The van der Waals surface area contributed by atoms with Gasteiger partial charge in [-0.2, -0.15) is 13.0 Å². The molecule has 1 aliphatic rings. The number of carboxylic acid groups (broad SMARTS) is 1. The third-order valence-corrected chi connectivity index (χ3v) is 7.40. The fraction of sp³-hybridized carbons (Fsp3) is 0.280. The van der Waals surface area contributed by atoms with Gasteiger partial charge in [-0.1, -0.05) is 11.5 Å². The number of oxazole rings is 1. The molecule has 2 heterocycles. The molecule has 1 aliphatic heterocycles. The van der Waals surface area contributed by atoms with Gasteiger partial charge in [0.05, 0.1) is 28.7 Å². The van der Waals surface area contributed by atoms with Gasteiger partial charge in [0.1, 0.15) is 7.05 Å². The third-order valence-electron chi connectivity index (χ3n) is 5.97. The number of ether oxygens (including phenoxy) is 1. The number of fused-ring (bicyclic) bond motifs is 2. The summed E-state index contributed by atoms with van der Waals surface area (Å²) in [6.07, 6.45) is 5.47. The van der Waals surface area contributed by atoms with Crippen LogP contribution < -0.4 is 14.2 Å². The van der Waals surface area contributed by atoms with Gasteiger partial charge in [0.15, 0.2) is 5.75 Å². The van der Waals surface area contributed by atoms with Gasteiger partial charge in [0.2, 0.25) is 11.5 Å². The summed E-state index contributed by atoms with van der Waals surface area (Å²) < 4.78 is 51.3. The Bertz CT molecular complexity index is 1550. The van der Waals surface area contributed by atoms with Gasteiger partial charge < -0.3 is 19.2 Å². The number of benzene rings is 2. The number of aromatic nitrogens is 1. The Morgan fingerprint density at radius 1 is 1.18 bits per heavy atom. The Morgan fingerprint density at radius 2 is 1.97 bits per heavy atom. The Hall–Kier alpha value is -3.40. The maximum absolute atomic E-state index is 11.7. The lowest BCUT2D eigenvalue weighted by Gasteiger charge is -2.18. The van der Waals surface area contributed by atoms with Crippen LogP contribution in [0.15, 0.2) is 68.1 Å². The van der Waals surface area contributed by atoms with Crippen molar-refractivity contribution in [3.05, 3.63) is 59.8 Å². The van der Waals surface area contributed by atoms with E-state index in [-0.39, 0.29) is 11.3 Å². The van der Waals surface area contributed by atoms with Gasteiger partial charge in [-0.3, -0.25) is 9.35 Å². The third kappa shape index (κ3) is 6.98. The van der Waals surface area contributed by atoms with Crippen LogP contribution in [0.25, 0.3) is 17.2 Å². The normalized spacial score (nSPS) is 14.7. The predicted octanol–water partition coefficient (Wildman–Crippen LogP) is 4.72. The molecule has 0 atom stereocenters. The predicted molar refractivity (Wildman–Crippen MR) is 140 cm³/mol. The number of unbranched alkanes of at least 4 members (excludes halogenated alkanes) is 2. The van der Waals surface area contributed by atoms with Crippen molar-refractivity contribution in [2.45, 2.75) is 42.4 Å². The monoisotopic (exact) mass is 579 g/mol. The molecule has 208 valence electrons. The number of hydrogen-bond donors (Lipinski definition) is 3. The maximum Gasteiger partial charge on any atom is 0.374 e. The summed E-state index contributed by atoms with van der Waals surface area (Å²) in [6, 6.07) is 9.42. The van der Waals surface area contributed by atoms with Crippen molar-refractivity contribution >= 4 is 51.0 Å². The highest BCUT2D eigenvalue weighted by Gasteiger charge is 2.28. The molecular formula is C25H27N2O10S2+. The zero-order chi connectivity index (χ0) is 28.2. The highest BCUT2D eigenvalue weighted by atomic mass is 32.2. The minimum atomic E-state index is -4.42. The minimum Gasteiger partial charge on any atom is -0.481 e. The first-order chi connectivity index (χ1) is 18.6. The Balaban J connectivity index is 1.61. The van der Waals surface area contributed by atoms with Crippen molar-refractivity contribution in [1.29, 1.82) is 0 Å². The minimum absolute atomic E-state index is 0.0709. The van der Waals surface area contributed by atoms with E-state index >= 15 is 0 Å². The molecule has 2 aromatic carbocycles. The fourth-order valence-corrected chi connectivity index (χ4v) is 5.00. The molecule has 0 bridgehead atoms. The van der Waals surface area contributed by atoms with Crippen LogP contribution in [0.2, 0.25) is 0 Å². The van der Waals surface area contributed by atoms with E-state index < -0.39 is 16.1 Å². The molecule has 0 amide bonds. The molecule has 3 aromatic rings. The molecule has 0 unspecified atom stereocenters. The van der Waals surface area contributed by atoms with Crippen LogP contribution in [0.1, 0.15) is 38.5 Å². The molecular weight excluding hydrogens is 552 g/mol. The molecule has 1 aromatic heterocycles. The first-order valence-electron chi connectivity index (χ1n) is 11.8. The second kappa shape index (κ2) is 12.2. The van der Waals surface area contributed by atoms with Crippen molar-refractivity contribution in [3.8, 4) is 5.75 Å². The highest BCUT2D eigenvalue weighted by Crippen LogP contribution is 2.41. The molecule has 0 saturated heterocycles. The summed E-state index contributed by atoms with van der Waals surface area (Å²) in [4.78, 5) is 13.0. The summed E-state index contributed by atoms with van der Waals surface area (Å²) >= 11 is 0.839. The van der Waals surface area contributed by atoms with Gasteiger partial charge in [0, 0.05) is 30.0 Å². The van der Waals surface area contributed by atoms with E-state index in [4.69, 9.17) is 19.5 Å². The molecule has 0 aliphatic carbocycles. The number of carboxylic acids is 1. The van der Waals surface area contributed by atoms with E-state index in [2.05, 4.69) is 9.37 Å². The van der Waals surface area contributed by atoms with Gasteiger partial charge in [-0.15, -0.1) is 4.33 Å². The maximum atomic E-state index is 11.7. The van der Waals surface area contributed by atoms with E-state index in [1.807, 2.05) is 30.7 Å². The second-order valence-corrected chi connectivity index (χ2v) is 11.0. The summed E-state index contributed by atoms with van der Waals surface area (Å²) in [6.45, 7) is 2.30. The van der Waals surface area contributed by atoms with Gasteiger partial charge in [-0.25, -0.2) is 5.26 Å². The number of carbonyl (C=O) groups is 1. The fourth-order valence-electron chi connectivity index (χ4n) is 4.11. The lowest BCUT2D eigenvalue weighted by atomic mass is 10.2. The molecule has 39 heavy (non-hydrogen) atoms. The van der Waals surface area contributed by atoms with Crippen molar-refractivity contribution < 1.29 is 51.2 Å². The van der Waals surface area contributed by atoms with E-state index in [1.54, 1.807) is 23.1 Å². The van der Waals surface area contributed by atoms with Crippen molar-refractivity contribution in [3.63, 3.8) is 0 Å². The van der Waals surface area contributed by atoms with Crippen LogP contribution in [-0.2, 0) is 31.3 Å². The Labute approximate surface area is 228 Å². The number of allylic oxidation sites excluding steroid dienone is 2. The number of aryl methyl sites for hydroxylation is 1. The van der Waals surface area contributed by atoms with E-state index in [0.29, 0.717) is 59.5 Å². The largest absolute Gasteiger partial charge is 0.481 e. The molecule has 0 fully saturated rings. The molecule has 0 radical (unpaired) electrons. The number of aliphatic carboxylic acids is 1. The molecule has 12 nitrogen and oxygen atoms in total. The highest BCUT2D eigenvalue weighted by molar-refractivity contribution is 7.94. The molecule has 0 spiro atoms. The number of hydrogen-bond acceptors (Lipinski definition) is 10. The lowest BCUT2D eigenvalue weighted by Crippen LogP contribution is -2.29. The molecule has 14 heteroatoms.